The number of morpholine rings is 1. The highest BCUT2D eigenvalue weighted by atomic mass is 32.2. The molecule has 2 aliphatic heterocycles. The van der Waals surface area contributed by atoms with E-state index < -0.39 is 9.84 Å². The smallest absolute Gasteiger partial charge is 0.192 e. The second kappa shape index (κ2) is 8.84. The quantitative estimate of drug-likeness (QED) is 0.579. The summed E-state index contributed by atoms with van der Waals surface area (Å²) in [6, 6.07) is 5.79. The summed E-state index contributed by atoms with van der Waals surface area (Å²) in [7, 11) is -3.40. The van der Waals surface area contributed by atoms with Crippen molar-refractivity contribution >= 4 is 26.6 Å². The second-order valence-corrected chi connectivity index (χ2v) is 11.1. The van der Waals surface area contributed by atoms with Gasteiger partial charge in [-0.25, -0.2) is 23.8 Å². The number of sulfone groups is 1. The van der Waals surface area contributed by atoms with Gasteiger partial charge in [-0.05, 0) is 56.5 Å². The molecule has 2 aliphatic rings. The van der Waals surface area contributed by atoms with Gasteiger partial charge in [0.05, 0.1) is 36.5 Å². The Balaban J connectivity index is 1.78. The molecule has 2 N–H and O–H groups in total. The second-order valence-electron chi connectivity index (χ2n) is 9.16. The van der Waals surface area contributed by atoms with Crippen LogP contribution < -0.4 is 15.8 Å². The lowest BCUT2D eigenvalue weighted by atomic mass is 9.95. The van der Waals surface area contributed by atoms with Crippen LogP contribution in [0.2, 0.25) is 0 Å². The predicted molar refractivity (Wildman–Crippen MR) is 131 cm³/mol. The van der Waals surface area contributed by atoms with Crippen LogP contribution in [-0.2, 0) is 14.6 Å². The zero-order valence-electron chi connectivity index (χ0n) is 19.9. The lowest BCUT2D eigenvalue weighted by molar-refractivity contribution is 0.0986. The Morgan fingerprint density at radius 3 is 2.68 bits per heavy atom. The van der Waals surface area contributed by atoms with Crippen molar-refractivity contribution in [1.29, 1.82) is 0 Å². The van der Waals surface area contributed by atoms with Crippen LogP contribution in [0.5, 0.6) is 0 Å². The highest BCUT2D eigenvalue weighted by molar-refractivity contribution is 7.90. The summed E-state index contributed by atoms with van der Waals surface area (Å²) in [5.41, 5.74) is 11.8. The molecule has 34 heavy (non-hydrogen) atoms. The first-order valence-electron chi connectivity index (χ1n) is 11.5. The topological polar surface area (TPSA) is 109 Å². The van der Waals surface area contributed by atoms with Gasteiger partial charge in [0.2, 0.25) is 0 Å². The van der Waals surface area contributed by atoms with Crippen LogP contribution in [0.3, 0.4) is 0 Å². The van der Waals surface area contributed by atoms with Crippen molar-refractivity contribution in [3.8, 4) is 11.1 Å². The number of hydrogen-bond acceptors (Lipinski definition) is 9. The predicted octanol–water partition coefficient (Wildman–Crippen LogP) is 2.48. The van der Waals surface area contributed by atoms with Crippen molar-refractivity contribution in [1.82, 2.24) is 25.8 Å². The number of pyridine rings is 3. The Morgan fingerprint density at radius 1 is 1.18 bits per heavy atom. The van der Waals surface area contributed by atoms with Crippen LogP contribution in [0.1, 0.15) is 36.3 Å². The zero-order chi connectivity index (χ0) is 24.0. The van der Waals surface area contributed by atoms with Crippen molar-refractivity contribution < 1.29 is 13.2 Å². The van der Waals surface area contributed by atoms with Crippen LogP contribution >= 0.6 is 0 Å². The molecule has 0 spiro atoms. The number of aromatic nitrogens is 3. The molecule has 0 bridgehead atoms. The van der Waals surface area contributed by atoms with Crippen molar-refractivity contribution in [2.45, 2.75) is 44.3 Å². The van der Waals surface area contributed by atoms with Gasteiger partial charge < -0.3 is 9.64 Å². The maximum absolute atomic E-state index is 12.1. The van der Waals surface area contributed by atoms with E-state index in [1.165, 1.54) is 6.26 Å². The van der Waals surface area contributed by atoms with Gasteiger partial charge in [0, 0.05) is 42.2 Å². The molecule has 0 amide bonds. The maximum Gasteiger partial charge on any atom is 0.192 e. The van der Waals surface area contributed by atoms with Crippen LogP contribution in [-0.4, -0.2) is 62.0 Å². The summed E-state index contributed by atoms with van der Waals surface area (Å²) in [4.78, 5) is 16.6. The van der Waals surface area contributed by atoms with Gasteiger partial charge in [-0.3, -0.25) is 10.4 Å². The normalized spacial score (nSPS) is 21.4. The summed E-state index contributed by atoms with van der Waals surface area (Å²) in [5.74, 6) is 0.865. The van der Waals surface area contributed by atoms with Crippen molar-refractivity contribution in [3.63, 3.8) is 0 Å². The molecule has 2 atom stereocenters. The fourth-order valence-corrected chi connectivity index (χ4v) is 5.43. The molecule has 0 aliphatic carbocycles. The number of nitrogens with one attached hydrogen (secondary N) is 2. The molecule has 5 rings (SSSR count). The number of hydrogen-bond donors (Lipinski definition) is 2. The molecule has 1 unspecified atom stereocenters. The molecule has 10 heteroatoms. The molecule has 3 aromatic heterocycles. The minimum Gasteiger partial charge on any atom is -0.377 e. The first kappa shape index (κ1) is 23.1. The van der Waals surface area contributed by atoms with E-state index in [4.69, 9.17) is 14.7 Å². The molecule has 0 radical (unpaired) electrons. The van der Waals surface area contributed by atoms with Gasteiger partial charge in [0.25, 0.3) is 0 Å². The van der Waals surface area contributed by atoms with Crippen molar-refractivity contribution in [2.24, 2.45) is 0 Å². The fourth-order valence-electron chi connectivity index (χ4n) is 4.81. The first-order chi connectivity index (χ1) is 16.2. The van der Waals surface area contributed by atoms with Crippen LogP contribution in [0.4, 0.5) is 5.82 Å². The van der Waals surface area contributed by atoms with Gasteiger partial charge in [0.15, 0.2) is 14.9 Å². The molecule has 9 nitrogen and oxygen atoms in total. The minimum absolute atomic E-state index is 0.0626. The highest BCUT2D eigenvalue weighted by Crippen LogP contribution is 2.38. The van der Waals surface area contributed by atoms with Crippen molar-refractivity contribution in [2.75, 3.05) is 37.5 Å². The summed E-state index contributed by atoms with van der Waals surface area (Å²) >= 11 is 0. The van der Waals surface area contributed by atoms with E-state index in [2.05, 4.69) is 33.7 Å². The Bertz CT molecular complexity index is 1350. The van der Waals surface area contributed by atoms with Gasteiger partial charge in [-0.2, -0.15) is 0 Å². The molecule has 0 aromatic carbocycles. The van der Waals surface area contributed by atoms with E-state index >= 15 is 0 Å². The summed E-state index contributed by atoms with van der Waals surface area (Å²) in [6.45, 7) is 8.94. The standard InChI is InChI=1S/C24H30N6O3S/c1-14-12-25-23(19-7-8-26-29-19)24-22(14)18(11-20(28-24)30-9-10-33-13-15(30)2)17-5-6-21(27-16(17)3)34(4,31)32/h5-6,11-12,15,19,26,29H,7-10,13H2,1-4H3/t15-,19?/m1/s1. The Kier molecular flexibility index (Phi) is 6.01. The number of nitrogens with zero attached hydrogens (tertiary/aromatic N) is 4. The average Bonchev–Trinajstić information content (AvgIpc) is 3.33. The summed E-state index contributed by atoms with van der Waals surface area (Å²) in [5, 5.41) is 1.09. The van der Waals surface area contributed by atoms with E-state index in [0.717, 1.165) is 58.6 Å². The van der Waals surface area contributed by atoms with E-state index in [1.54, 1.807) is 6.07 Å². The molecule has 180 valence electrons. The third kappa shape index (κ3) is 4.15. The number of ether oxygens (including phenoxy) is 1. The Labute approximate surface area is 199 Å². The van der Waals surface area contributed by atoms with Crippen LogP contribution in [0.25, 0.3) is 22.0 Å². The lowest BCUT2D eigenvalue weighted by Gasteiger charge is -2.35. The van der Waals surface area contributed by atoms with Gasteiger partial charge in [-0.15, -0.1) is 0 Å². The molecular formula is C24H30N6O3S. The van der Waals surface area contributed by atoms with Gasteiger partial charge in [0.1, 0.15) is 5.82 Å². The fraction of sp³-hybridized carbons (Fsp3) is 0.458. The third-order valence-corrected chi connectivity index (χ3v) is 7.58. The summed E-state index contributed by atoms with van der Waals surface area (Å²) < 4.78 is 29.8. The van der Waals surface area contributed by atoms with Crippen molar-refractivity contribution in [3.05, 3.63) is 41.3 Å². The SMILES string of the molecule is Cc1nc(S(C)(=O)=O)ccc1-c1cc(N2CCOC[C@H]2C)nc2c(C3CCNN3)ncc(C)c12. The first-order valence-corrected chi connectivity index (χ1v) is 13.4. The average molecular weight is 483 g/mol. The largest absolute Gasteiger partial charge is 0.377 e. The van der Waals surface area contributed by atoms with E-state index in [1.807, 2.05) is 26.1 Å². The molecule has 0 saturated carbocycles. The number of anilines is 1. The van der Waals surface area contributed by atoms with E-state index in [9.17, 15) is 8.42 Å². The Morgan fingerprint density at radius 2 is 2.00 bits per heavy atom. The zero-order valence-corrected chi connectivity index (χ0v) is 20.7. The lowest BCUT2D eigenvalue weighted by Crippen LogP contribution is -2.44. The van der Waals surface area contributed by atoms with Crippen LogP contribution in [0.15, 0.2) is 29.4 Å². The Hall–Kier alpha value is -2.66. The summed E-state index contributed by atoms with van der Waals surface area (Å²) in [6.07, 6.45) is 4.00. The highest BCUT2D eigenvalue weighted by Gasteiger charge is 2.27. The van der Waals surface area contributed by atoms with E-state index in [-0.39, 0.29) is 17.1 Å². The van der Waals surface area contributed by atoms with Gasteiger partial charge >= 0.3 is 0 Å². The van der Waals surface area contributed by atoms with Gasteiger partial charge in [-0.1, -0.05) is 0 Å². The molecule has 2 saturated heterocycles. The molecule has 5 heterocycles. The maximum atomic E-state index is 12.1. The number of fused-ring (bicyclic) bond motifs is 1. The monoisotopic (exact) mass is 482 g/mol. The molecule has 3 aromatic rings. The number of aryl methyl sites for hydroxylation is 2. The third-order valence-electron chi connectivity index (χ3n) is 6.60. The van der Waals surface area contributed by atoms with E-state index in [0.29, 0.717) is 18.9 Å². The molecular weight excluding hydrogens is 452 g/mol. The molecule has 2 fully saturated rings. The number of rotatable bonds is 4. The van der Waals surface area contributed by atoms with Crippen LogP contribution in [0, 0.1) is 13.8 Å². The number of hydrazine groups is 1. The minimum atomic E-state index is -3.40.